The molecular weight excluding hydrogens is 418 g/mol. The van der Waals surface area contributed by atoms with Crippen molar-refractivity contribution in [3.63, 3.8) is 0 Å². The first-order valence-corrected chi connectivity index (χ1v) is 11.7. The van der Waals surface area contributed by atoms with E-state index in [-0.39, 0.29) is 5.56 Å². The molecule has 0 amide bonds. The smallest absolute Gasteiger partial charge is 0.275 e. The van der Waals surface area contributed by atoms with Crippen LogP contribution in [0.4, 0.5) is 5.95 Å². The van der Waals surface area contributed by atoms with Gasteiger partial charge in [0.15, 0.2) is 5.16 Å². The molecule has 0 unspecified atom stereocenters. The van der Waals surface area contributed by atoms with Crippen LogP contribution in [0, 0.1) is 13.8 Å². The minimum Gasteiger partial charge on any atom is -0.341 e. The van der Waals surface area contributed by atoms with Crippen molar-refractivity contribution < 1.29 is 0 Å². The molecule has 1 fully saturated rings. The first-order valence-electron chi connectivity index (χ1n) is 9.85. The number of thioether (sulfide) groups is 1. The van der Waals surface area contributed by atoms with E-state index in [1.807, 2.05) is 6.92 Å². The zero-order valence-corrected chi connectivity index (χ0v) is 18.4. The molecule has 3 aromatic heterocycles. The maximum absolute atomic E-state index is 12.3. The van der Waals surface area contributed by atoms with Crippen molar-refractivity contribution in [3.8, 4) is 5.69 Å². The van der Waals surface area contributed by atoms with Crippen molar-refractivity contribution >= 4 is 34.0 Å². The molecule has 4 aromatic rings. The van der Waals surface area contributed by atoms with Crippen molar-refractivity contribution in [1.29, 1.82) is 0 Å². The van der Waals surface area contributed by atoms with Gasteiger partial charge >= 0.3 is 0 Å². The second-order valence-corrected chi connectivity index (χ2v) is 9.44. The molecule has 154 valence electrons. The van der Waals surface area contributed by atoms with E-state index in [4.69, 9.17) is 0 Å². The Morgan fingerprint density at radius 2 is 1.87 bits per heavy atom. The molecule has 0 N–H and O–H groups in total. The van der Waals surface area contributed by atoms with E-state index in [2.05, 4.69) is 60.9 Å². The normalized spacial score (nSPS) is 14.1. The Morgan fingerprint density at radius 1 is 1.10 bits per heavy atom. The lowest BCUT2D eigenvalue weighted by Gasteiger charge is -2.18. The predicted molar refractivity (Wildman–Crippen MR) is 119 cm³/mol. The number of nitrogens with zero attached hydrogens (tertiary/aromatic N) is 7. The molecule has 1 aliphatic heterocycles. The summed E-state index contributed by atoms with van der Waals surface area (Å²) in [5, 5.41) is 14.8. The van der Waals surface area contributed by atoms with Crippen LogP contribution in [-0.2, 0) is 5.75 Å². The van der Waals surface area contributed by atoms with E-state index in [9.17, 15) is 4.79 Å². The van der Waals surface area contributed by atoms with Crippen LogP contribution in [0.25, 0.3) is 10.6 Å². The minimum atomic E-state index is -0.155. The number of aryl methyl sites for hydroxylation is 2. The third-order valence-corrected chi connectivity index (χ3v) is 6.83. The summed E-state index contributed by atoms with van der Waals surface area (Å²) in [6, 6.07) is 9.94. The molecule has 5 rings (SSSR count). The second kappa shape index (κ2) is 7.84. The minimum absolute atomic E-state index is 0.155. The van der Waals surface area contributed by atoms with Gasteiger partial charge in [-0.05, 0) is 38.8 Å². The molecule has 1 saturated heterocycles. The number of hydrogen-bond donors (Lipinski definition) is 0. The van der Waals surface area contributed by atoms with Gasteiger partial charge in [0.1, 0.15) is 5.01 Å². The van der Waals surface area contributed by atoms with Gasteiger partial charge in [-0.3, -0.25) is 9.36 Å². The van der Waals surface area contributed by atoms with Gasteiger partial charge in [-0.25, -0.2) is 4.98 Å². The molecule has 0 spiro atoms. The highest BCUT2D eigenvalue weighted by Gasteiger charge is 2.22. The van der Waals surface area contributed by atoms with Crippen molar-refractivity contribution in [2.45, 2.75) is 37.6 Å². The zero-order chi connectivity index (χ0) is 20.7. The van der Waals surface area contributed by atoms with E-state index in [0.717, 1.165) is 40.6 Å². The average molecular weight is 440 g/mol. The van der Waals surface area contributed by atoms with Gasteiger partial charge < -0.3 is 4.90 Å². The highest BCUT2D eigenvalue weighted by atomic mass is 32.2. The first-order chi connectivity index (χ1) is 14.6. The van der Waals surface area contributed by atoms with Gasteiger partial charge in [0, 0.05) is 24.9 Å². The molecule has 0 radical (unpaired) electrons. The van der Waals surface area contributed by atoms with Crippen LogP contribution >= 0.6 is 23.1 Å². The Kier molecular flexibility index (Phi) is 5.03. The molecule has 1 aromatic carbocycles. The summed E-state index contributed by atoms with van der Waals surface area (Å²) in [5.41, 5.74) is 2.81. The Morgan fingerprint density at radius 3 is 2.63 bits per heavy atom. The summed E-state index contributed by atoms with van der Waals surface area (Å²) >= 11 is 2.96. The van der Waals surface area contributed by atoms with Crippen LogP contribution in [0.2, 0.25) is 0 Å². The molecule has 10 heteroatoms. The van der Waals surface area contributed by atoms with Crippen LogP contribution in [0.1, 0.15) is 29.1 Å². The molecule has 30 heavy (non-hydrogen) atoms. The third-order valence-electron chi connectivity index (χ3n) is 5.05. The summed E-state index contributed by atoms with van der Waals surface area (Å²) in [6.07, 6.45) is 2.34. The fourth-order valence-electron chi connectivity index (χ4n) is 3.56. The fourth-order valence-corrected chi connectivity index (χ4v) is 5.17. The summed E-state index contributed by atoms with van der Waals surface area (Å²) in [5.74, 6) is 1.41. The van der Waals surface area contributed by atoms with Crippen molar-refractivity contribution in [2.24, 2.45) is 0 Å². The molecule has 0 saturated carbocycles. The van der Waals surface area contributed by atoms with Crippen molar-refractivity contribution in [3.05, 3.63) is 57.0 Å². The average Bonchev–Trinajstić information content (AvgIpc) is 3.46. The molecule has 0 atom stereocenters. The number of anilines is 1. The first kappa shape index (κ1) is 19.3. The Balaban J connectivity index is 1.48. The number of benzene rings is 1. The van der Waals surface area contributed by atoms with E-state index in [1.54, 1.807) is 6.07 Å². The lowest BCUT2D eigenvalue weighted by atomic mass is 10.2. The number of hydrogen-bond acceptors (Lipinski definition) is 8. The Hall–Kier alpha value is -2.72. The standard InChI is InChI=1S/C20H21N7OS2/c1-13-5-7-16(8-6-13)26-18(25-9-3-4-10-25)22-23-20(26)29-12-15-11-17(28)27-19(21-15)30-14(2)24-27/h5-8,11H,3-4,9-10,12H2,1-2H3. The SMILES string of the molecule is Cc1ccc(-n2c(SCc3cc(=O)n4nc(C)sc4n3)nnc2N2CCCC2)cc1. The molecule has 0 bridgehead atoms. The molecular formula is C20H21N7OS2. The predicted octanol–water partition coefficient (Wildman–Crippen LogP) is 3.24. The zero-order valence-electron chi connectivity index (χ0n) is 16.8. The maximum atomic E-state index is 12.3. The molecule has 4 heterocycles. The van der Waals surface area contributed by atoms with Crippen LogP contribution in [0.15, 0.2) is 40.3 Å². The monoisotopic (exact) mass is 439 g/mol. The van der Waals surface area contributed by atoms with Crippen molar-refractivity contribution in [2.75, 3.05) is 18.0 Å². The summed E-state index contributed by atoms with van der Waals surface area (Å²) < 4.78 is 3.46. The van der Waals surface area contributed by atoms with Gasteiger partial charge in [-0.2, -0.15) is 9.61 Å². The number of rotatable bonds is 5. The molecule has 1 aliphatic rings. The van der Waals surface area contributed by atoms with Crippen LogP contribution in [-0.4, -0.2) is 42.5 Å². The van der Waals surface area contributed by atoms with Gasteiger partial charge in [-0.15, -0.1) is 10.2 Å². The molecule has 8 nitrogen and oxygen atoms in total. The highest BCUT2D eigenvalue weighted by Crippen LogP contribution is 2.30. The number of fused-ring (bicyclic) bond motifs is 1. The highest BCUT2D eigenvalue weighted by molar-refractivity contribution is 7.98. The van der Waals surface area contributed by atoms with E-state index in [1.165, 1.54) is 46.0 Å². The number of aromatic nitrogens is 6. The fraction of sp³-hybridized carbons (Fsp3) is 0.350. The van der Waals surface area contributed by atoms with Gasteiger partial charge in [-0.1, -0.05) is 40.8 Å². The quantitative estimate of drug-likeness (QED) is 0.442. The maximum Gasteiger partial charge on any atom is 0.275 e. The lowest BCUT2D eigenvalue weighted by Crippen LogP contribution is -2.22. The second-order valence-electron chi connectivity index (χ2n) is 7.34. The van der Waals surface area contributed by atoms with E-state index < -0.39 is 0 Å². The summed E-state index contributed by atoms with van der Waals surface area (Å²) in [7, 11) is 0. The lowest BCUT2D eigenvalue weighted by molar-refractivity contribution is 0.840. The van der Waals surface area contributed by atoms with Gasteiger partial charge in [0.25, 0.3) is 5.56 Å². The van der Waals surface area contributed by atoms with Crippen LogP contribution in [0.5, 0.6) is 0 Å². The van der Waals surface area contributed by atoms with Crippen molar-refractivity contribution in [1.82, 2.24) is 29.4 Å². The summed E-state index contributed by atoms with van der Waals surface area (Å²) in [4.78, 5) is 19.8. The third kappa shape index (κ3) is 3.61. The largest absolute Gasteiger partial charge is 0.341 e. The summed E-state index contributed by atoms with van der Waals surface area (Å²) in [6.45, 7) is 5.94. The Bertz CT molecular complexity index is 1250. The topological polar surface area (TPSA) is 81.2 Å². The van der Waals surface area contributed by atoms with E-state index in [0.29, 0.717) is 10.7 Å². The molecule has 0 aliphatic carbocycles. The Labute approximate surface area is 181 Å². The van der Waals surface area contributed by atoms with Gasteiger partial charge in [0.2, 0.25) is 10.9 Å². The van der Waals surface area contributed by atoms with Crippen LogP contribution in [0.3, 0.4) is 0 Å². The van der Waals surface area contributed by atoms with E-state index >= 15 is 0 Å². The van der Waals surface area contributed by atoms with Gasteiger partial charge in [0.05, 0.1) is 11.4 Å². The van der Waals surface area contributed by atoms with Crippen LogP contribution < -0.4 is 10.5 Å².